The predicted molar refractivity (Wildman–Crippen MR) is 111 cm³/mol. The van der Waals surface area contributed by atoms with Gasteiger partial charge in [0.1, 0.15) is 4.83 Å². The number of carbonyl (C=O) groups excluding carboxylic acids is 2. The molecule has 7 nitrogen and oxygen atoms in total. The highest BCUT2D eigenvalue weighted by molar-refractivity contribution is 7.20. The second-order valence-corrected chi connectivity index (χ2v) is 7.93. The zero-order chi connectivity index (χ0) is 20.2. The van der Waals surface area contributed by atoms with Crippen molar-refractivity contribution in [2.24, 2.45) is 0 Å². The van der Waals surface area contributed by atoms with Crippen molar-refractivity contribution in [1.82, 2.24) is 20.2 Å². The molecular formula is C21H22N4O3S. The third kappa shape index (κ3) is 3.99. The van der Waals surface area contributed by atoms with Gasteiger partial charge in [-0.05, 0) is 30.2 Å². The van der Waals surface area contributed by atoms with Crippen molar-refractivity contribution in [2.75, 3.05) is 33.4 Å². The van der Waals surface area contributed by atoms with Crippen LogP contribution in [0.5, 0.6) is 0 Å². The lowest BCUT2D eigenvalue weighted by Crippen LogP contribution is -2.29. The fourth-order valence-corrected chi connectivity index (χ4v) is 4.87. The molecule has 1 unspecified atom stereocenters. The summed E-state index contributed by atoms with van der Waals surface area (Å²) < 4.78 is 5.03. The maximum absolute atomic E-state index is 12.8. The fraction of sp³-hybridized carbons (Fsp3) is 0.333. The number of aromatic nitrogens is 2. The van der Waals surface area contributed by atoms with E-state index in [1.54, 1.807) is 37.8 Å². The number of fused-ring (bicyclic) bond motifs is 1. The first kappa shape index (κ1) is 19.5. The SMILES string of the molecule is COCCNC(=O)c1sc2ncccc2c1C1CCN(C(=O)c2cccnc2)C1. The number of thiophene rings is 1. The zero-order valence-corrected chi connectivity index (χ0v) is 16.9. The van der Waals surface area contributed by atoms with Gasteiger partial charge in [-0.25, -0.2) is 4.98 Å². The topological polar surface area (TPSA) is 84.4 Å². The summed E-state index contributed by atoms with van der Waals surface area (Å²) in [5, 5.41) is 3.91. The molecule has 0 aliphatic carbocycles. The number of nitrogens with zero attached hydrogens (tertiary/aromatic N) is 3. The Morgan fingerprint density at radius 1 is 1.31 bits per heavy atom. The largest absolute Gasteiger partial charge is 0.383 e. The second kappa shape index (κ2) is 8.67. The van der Waals surface area contributed by atoms with Gasteiger partial charge in [0.2, 0.25) is 0 Å². The molecule has 1 aliphatic heterocycles. The molecule has 1 N–H and O–H groups in total. The van der Waals surface area contributed by atoms with Gasteiger partial charge >= 0.3 is 0 Å². The van der Waals surface area contributed by atoms with E-state index in [4.69, 9.17) is 4.74 Å². The van der Waals surface area contributed by atoms with E-state index in [1.807, 2.05) is 17.0 Å². The van der Waals surface area contributed by atoms with E-state index in [9.17, 15) is 9.59 Å². The Bertz CT molecular complexity index is 1020. The molecular weight excluding hydrogens is 388 g/mol. The molecule has 0 bridgehead atoms. The van der Waals surface area contributed by atoms with E-state index in [2.05, 4.69) is 15.3 Å². The lowest BCUT2D eigenvalue weighted by molar-refractivity contribution is 0.0790. The summed E-state index contributed by atoms with van der Waals surface area (Å²) in [4.78, 5) is 37.5. The van der Waals surface area contributed by atoms with Gasteiger partial charge in [-0.1, -0.05) is 6.07 Å². The normalized spacial score (nSPS) is 16.3. The minimum absolute atomic E-state index is 0.0237. The summed E-state index contributed by atoms with van der Waals surface area (Å²) >= 11 is 1.41. The molecule has 0 radical (unpaired) electrons. The van der Waals surface area contributed by atoms with E-state index in [0.717, 1.165) is 22.2 Å². The molecule has 29 heavy (non-hydrogen) atoms. The maximum Gasteiger partial charge on any atom is 0.261 e. The first-order valence-corrected chi connectivity index (χ1v) is 10.3. The number of amides is 2. The van der Waals surface area contributed by atoms with Crippen LogP contribution in [0.4, 0.5) is 0 Å². The highest BCUT2D eigenvalue weighted by Crippen LogP contribution is 2.39. The first-order chi connectivity index (χ1) is 14.2. The van der Waals surface area contributed by atoms with Crippen molar-refractivity contribution in [1.29, 1.82) is 0 Å². The summed E-state index contributed by atoms with van der Waals surface area (Å²) in [6.07, 6.45) is 5.80. The summed E-state index contributed by atoms with van der Waals surface area (Å²) in [6, 6.07) is 7.44. The minimum atomic E-state index is -0.114. The Labute approximate surface area is 172 Å². The lowest BCUT2D eigenvalue weighted by atomic mass is 9.95. The molecule has 1 atom stereocenters. The van der Waals surface area contributed by atoms with E-state index in [-0.39, 0.29) is 17.7 Å². The fourth-order valence-electron chi connectivity index (χ4n) is 3.72. The highest BCUT2D eigenvalue weighted by atomic mass is 32.1. The monoisotopic (exact) mass is 410 g/mol. The van der Waals surface area contributed by atoms with E-state index in [0.29, 0.717) is 36.7 Å². The van der Waals surface area contributed by atoms with Crippen molar-refractivity contribution < 1.29 is 14.3 Å². The molecule has 4 rings (SSSR count). The minimum Gasteiger partial charge on any atom is -0.383 e. The zero-order valence-electron chi connectivity index (χ0n) is 16.1. The van der Waals surface area contributed by atoms with Crippen molar-refractivity contribution >= 4 is 33.4 Å². The Balaban J connectivity index is 1.61. The van der Waals surface area contributed by atoms with Crippen molar-refractivity contribution in [3.05, 3.63) is 58.9 Å². The number of ether oxygens (including phenoxy) is 1. The third-order valence-electron chi connectivity index (χ3n) is 5.09. The number of rotatable bonds is 6. The smallest absolute Gasteiger partial charge is 0.261 e. The number of hydrogen-bond donors (Lipinski definition) is 1. The van der Waals surface area contributed by atoms with Gasteiger partial charge in [-0.15, -0.1) is 11.3 Å². The molecule has 3 aromatic rings. The van der Waals surface area contributed by atoms with Gasteiger partial charge in [-0.3, -0.25) is 14.6 Å². The summed E-state index contributed by atoms with van der Waals surface area (Å²) in [5.41, 5.74) is 1.58. The van der Waals surface area contributed by atoms with Crippen LogP contribution in [0.25, 0.3) is 10.2 Å². The molecule has 4 heterocycles. The standard InChI is InChI=1S/C21H22N4O3S/c1-28-11-9-23-19(26)18-17(16-5-3-8-24-20(16)29-18)15-6-10-25(13-15)21(27)14-4-2-7-22-12-14/h2-5,7-8,12,15H,6,9-11,13H2,1H3,(H,23,26). The Morgan fingerprint density at radius 2 is 2.17 bits per heavy atom. The van der Waals surface area contributed by atoms with Crippen molar-refractivity contribution in [3.63, 3.8) is 0 Å². The van der Waals surface area contributed by atoms with Crippen molar-refractivity contribution in [2.45, 2.75) is 12.3 Å². The van der Waals surface area contributed by atoms with Crippen LogP contribution in [0.2, 0.25) is 0 Å². The van der Waals surface area contributed by atoms with Gasteiger partial charge in [0.25, 0.3) is 11.8 Å². The number of likely N-dealkylation sites (tertiary alicyclic amines) is 1. The van der Waals surface area contributed by atoms with Crippen molar-refractivity contribution in [3.8, 4) is 0 Å². The van der Waals surface area contributed by atoms with Crippen LogP contribution >= 0.6 is 11.3 Å². The van der Waals surface area contributed by atoms with Crippen LogP contribution in [-0.4, -0.2) is 60.0 Å². The van der Waals surface area contributed by atoms with Gasteiger partial charge in [0.05, 0.1) is 17.0 Å². The summed E-state index contributed by atoms with van der Waals surface area (Å²) in [6.45, 7) is 2.14. The molecule has 2 amide bonds. The molecule has 1 aliphatic rings. The lowest BCUT2D eigenvalue weighted by Gasteiger charge is -2.17. The first-order valence-electron chi connectivity index (χ1n) is 9.53. The second-order valence-electron chi connectivity index (χ2n) is 6.93. The van der Waals surface area contributed by atoms with Gasteiger partial charge < -0.3 is 15.0 Å². The summed E-state index contributed by atoms with van der Waals surface area (Å²) in [7, 11) is 1.60. The van der Waals surface area contributed by atoms with Crippen LogP contribution in [0.15, 0.2) is 42.9 Å². The van der Waals surface area contributed by atoms with Crippen LogP contribution in [0.1, 0.15) is 37.9 Å². The quantitative estimate of drug-likeness (QED) is 0.632. The Hall–Kier alpha value is -2.84. The van der Waals surface area contributed by atoms with Crippen LogP contribution in [0, 0.1) is 0 Å². The molecule has 1 fully saturated rings. The van der Waals surface area contributed by atoms with Crippen LogP contribution < -0.4 is 5.32 Å². The molecule has 1 saturated heterocycles. The van der Waals surface area contributed by atoms with E-state index < -0.39 is 0 Å². The number of nitrogens with one attached hydrogen (secondary N) is 1. The average molecular weight is 410 g/mol. The average Bonchev–Trinajstić information content (AvgIpc) is 3.38. The number of methoxy groups -OCH3 is 1. The van der Waals surface area contributed by atoms with Gasteiger partial charge in [0.15, 0.2) is 0 Å². The molecule has 0 saturated carbocycles. The van der Waals surface area contributed by atoms with Crippen LogP contribution in [-0.2, 0) is 4.74 Å². The summed E-state index contributed by atoms with van der Waals surface area (Å²) in [5.74, 6) is -0.0433. The number of pyridine rings is 2. The molecule has 0 aromatic carbocycles. The highest BCUT2D eigenvalue weighted by Gasteiger charge is 2.33. The maximum atomic E-state index is 12.8. The number of hydrogen-bond acceptors (Lipinski definition) is 6. The number of carbonyl (C=O) groups is 2. The molecule has 0 spiro atoms. The van der Waals surface area contributed by atoms with E-state index >= 15 is 0 Å². The van der Waals surface area contributed by atoms with Gasteiger partial charge in [0, 0.05) is 56.6 Å². The predicted octanol–water partition coefficient (Wildman–Crippen LogP) is 2.70. The third-order valence-corrected chi connectivity index (χ3v) is 6.22. The van der Waals surface area contributed by atoms with E-state index in [1.165, 1.54) is 11.3 Å². The molecule has 3 aromatic heterocycles. The molecule has 150 valence electrons. The molecule has 8 heteroatoms. The Morgan fingerprint density at radius 3 is 2.97 bits per heavy atom. The Kier molecular flexibility index (Phi) is 5.82. The van der Waals surface area contributed by atoms with Crippen LogP contribution in [0.3, 0.4) is 0 Å². The van der Waals surface area contributed by atoms with Gasteiger partial charge in [-0.2, -0.15) is 0 Å².